The topological polar surface area (TPSA) is 64.1 Å². The van der Waals surface area contributed by atoms with Gasteiger partial charge in [-0.25, -0.2) is 0 Å². The number of para-hydroxylation sites is 1. The van der Waals surface area contributed by atoms with Crippen LogP contribution in [0, 0.1) is 0 Å². The molecule has 27 heavy (non-hydrogen) atoms. The third-order valence-corrected chi connectivity index (χ3v) is 4.50. The Morgan fingerprint density at radius 1 is 1.22 bits per heavy atom. The van der Waals surface area contributed by atoms with E-state index in [2.05, 4.69) is 41.6 Å². The van der Waals surface area contributed by atoms with Gasteiger partial charge in [-0.05, 0) is 36.8 Å². The number of benzene rings is 1. The van der Waals surface area contributed by atoms with Gasteiger partial charge in [-0.15, -0.1) is 0 Å². The molecule has 1 aliphatic rings. The van der Waals surface area contributed by atoms with E-state index < -0.39 is 0 Å². The highest BCUT2D eigenvalue weighted by atomic mass is 16.5. The van der Waals surface area contributed by atoms with Crippen molar-refractivity contribution in [1.29, 1.82) is 0 Å². The number of aliphatic imine (C=N–C) groups is 1. The van der Waals surface area contributed by atoms with Gasteiger partial charge in [-0.2, -0.15) is 0 Å². The fraction of sp³-hybridized carbons (Fsp3) is 0.667. The monoisotopic (exact) mass is 377 g/mol. The molecule has 0 radical (unpaired) electrons. The van der Waals surface area contributed by atoms with Crippen molar-refractivity contribution in [2.75, 3.05) is 46.6 Å². The molecule has 0 aromatic heterocycles. The van der Waals surface area contributed by atoms with Crippen LogP contribution < -0.4 is 15.4 Å². The second-order valence-electron chi connectivity index (χ2n) is 7.03. The predicted molar refractivity (Wildman–Crippen MR) is 110 cm³/mol. The van der Waals surface area contributed by atoms with E-state index in [4.69, 9.17) is 14.2 Å². The average Bonchev–Trinajstić information content (AvgIpc) is 3.19. The van der Waals surface area contributed by atoms with Crippen LogP contribution in [0.1, 0.15) is 44.6 Å². The van der Waals surface area contributed by atoms with Crippen molar-refractivity contribution in [3.8, 4) is 5.75 Å². The quantitative estimate of drug-likeness (QED) is 0.353. The molecule has 6 heteroatoms. The normalized spacial score (nSPS) is 17.3. The summed E-state index contributed by atoms with van der Waals surface area (Å²) in [5.74, 6) is 2.20. The fourth-order valence-corrected chi connectivity index (χ4v) is 3.01. The summed E-state index contributed by atoms with van der Waals surface area (Å²) in [4.78, 5) is 4.24. The summed E-state index contributed by atoms with van der Waals surface area (Å²) in [6.07, 6.45) is 3.52. The first-order valence-electron chi connectivity index (χ1n) is 10.1. The van der Waals surface area contributed by atoms with Gasteiger partial charge in [-0.1, -0.05) is 32.0 Å². The lowest BCUT2D eigenvalue weighted by Crippen LogP contribution is -2.40. The fourth-order valence-electron chi connectivity index (χ4n) is 3.01. The summed E-state index contributed by atoms with van der Waals surface area (Å²) in [5, 5.41) is 6.58. The zero-order valence-electron chi connectivity index (χ0n) is 17.0. The Bertz CT molecular complexity index is 557. The number of nitrogens with zero attached hydrogens (tertiary/aromatic N) is 1. The van der Waals surface area contributed by atoms with E-state index in [1.165, 1.54) is 5.56 Å². The van der Waals surface area contributed by atoms with Gasteiger partial charge < -0.3 is 24.8 Å². The van der Waals surface area contributed by atoms with Crippen LogP contribution in [-0.2, 0) is 9.47 Å². The molecular weight excluding hydrogens is 342 g/mol. The van der Waals surface area contributed by atoms with Gasteiger partial charge in [-0.3, -0.25) is 4.99 Å². The third-order valence-electron chi connectivity index (χ3n) is 4.50. The lowest BCUT2D eigenvalue weighted by molar-refractivity contribution is 0.0168. The maximum Gasteiger partial charge on any atom is 0.191 e. The van der Waals surface area contributed by atoms with E-state index in [0.29, 0.717) is 31.8 Å². The van der Waals surface area contributed by atoms with Crippen LogP contribution in [0.2, 0.25) is 0 Å². The first kappa shape index (κ1) is 21.5. The highest BCUT2D eigenvalue weighted by Gasteiger charge is 2.14. The Labute approximate surface area is 163 Å². The van der Waals surface area contributed by atoms with Gasteiger partial charge in [0.2, 0.25) is 0 Å². The molecule has 2 N–H and O–H groups in total. The van der Waals surface area contributed by atoms with Crippen molar-refractivity contribution in [2.24, 2.45) is 4.99 Å². The zero-order valence-corrected chi connectivity index (χ0v) is 17.0. The Morgan fingerprint density at radius 3 is 2.78 bits per heavy atom. The van der Waals surface area contributed by atoms with Crippen molar-refractivity contribution in [1.82, 2.24) is 10.6 Å². The highest BCUT2D eigenvalue weighted by molar-refractivity contribution is 5.79. The summed E-state index contributed by atoms with van der Waals surface area (Å²) in [7, 11) is 1.78. The van der Waals surface area contributed by atoms with Crippen LogP contribution in [0.15, 0.2) is 29.3 Å². The number of nitrogens with one attached hydrogen (secondary N) is 2. The second kappa shape index (κ2) is 12.6. The third kappa shape index (κ3) is 8.18. The van der Waals surface area contributed by atoms with Crippen LogP contribution in [0.5, 0.6) is 5.75 Å². The molecule has 6 nitrogen and oxygen atoms in total. The molecule has 0 bridgehead atoms. The van der Waals surface area contributed by atoms with Gasteiger partial charge in [0.15, 0.2) is 5.96 Å². The van der Waals surface area contributed by atoms with E-state index in [0.717, 1.165) is 50.7 Å². The van der Waals surface area contributed by atoms with Gasteiger partial charge in [0, 0.05) is 26.8 Å². The van der Waals surface area contributed by atoms with Gasteiger partial charge in [0.25, 0.3) is 0 Å². The molecule has 0 aliphatic carbocycles. The smallest absolute Gasteiger partial charge is 0.191 e. The Kier molecular flexibility index (Phi) is 10.0. The van der Waals surface area contributed by atoms with Gasteiger partial charge in [0.05, 0.1) is 19.3 Å². The highest BCUT2D eigenvalue weighted by Crippen LogP contribution is 2.25. The van der Waals surface area contributed by atoms with Crippen LogP contribution >= 0.6 is 0 Å². The summed E-state index contributed by atoms with van der Waals surface area (Å²) in [6, 6.07) is 8.21. The molecule has 1 aromatic carbocycles. The van der Waals surface area contributed by atoms with Crippen LogP contribution in [-0.4, -0.2) is 58.6 Å². The van der Waals surface area contributed by atoms with E-state index in [-0.39, 0.29) is 0 Å². The lowest BCUT2D eigenvalue weighted by atomic mass is 10.0. The Balaban J connectivity index is 1.54. The maximum atomic E-state index is 5.92. The minimum Gasteiger partial charge on any atom is -0.491 e. The molecule has 2 rings (SSSR count). The van der Waals surface area contributed by atoms with E-state index in [1.54, 1.807) is 7.05 Å². The molecule has 1 atom stereocenters. The summed E-state index contributed by atoms with van der Waals surface area (Å²) in [5.41, 5.74) is 1.24. The van der Waals surface area contributed by atoms with E-state index in [1.807, 2.05) is 12.1 Å². The first-order chi connectivity index (χ1) is 13.2. The van der Waals surface area contributed by atoms with E-state index in [9.17, 15) is 0 Å². The van der Waals surface area contributed by atoms with Gasteiger partial charge in [0.1, 0.15) is 12.4 Å². The second-order valence-corrected chi connectivity index (χ2v) is 7.03. The minimum atomic E-state index is 0.299. The number of hydrogen-bond donors (Lipinski definition) is 2. The number of ether oxygens (including phenoxy) is 3. The van der Waals surface area contributed by atoms with E-state index >= 15 is 0 Å². The maximum absolute atomic E-state index is 5.92. The number of guanidine groups is 1. The molecular formula is C21H35N3O3. The molecule has 1 unspecified atom stereocenters. The van der Waals surface area contributed by atoms with Crippen LogP contribution in [0.4, 0.5) is 0 Å². The molecule has 0 amide bonds. The van der Waals surface area contributed by atoms with Crippen molar-refractivity contribution in [3.05, 3.63) is 29.8 Å². The van der Waals surface area contributed by atoms with Crippen molar-refractivity contribution < 1.29 is 14.2 Å². The van der Waals surface area contributed by atoms with Crippen LogP contribution in [0.25, 0.3) is 0 Å². The summed E-state index contributed by atoms with van der Waals surface area (Å²) >= 11 is 0. The molecule has 1 aromatic rings. The summed E-state index contributed by atoms with van der Waals surface area (Å²) < 4.78 is 17.1. The predicted octanol–water partition coefficient (Wildman–Crippen LogP) is 2.94. The van der Waals surface area contributed by atoms with Gasteiger partial charge >= 0.3 is 0 Å². The van der Waals surface area contributed by atoms with Crippen LogP contribution in [0.3, 0.4) is 0 Å². The zero-order chi connectivity index (χ0) is 19.3. The minimum absolute atomic E-state index is 0.299. The van der Waals surface area contributed by atoms with Crippen molar-refractivity contribution >= 4 is 5.96 Å². The average molecular weight is 378 g/mol. The molecule has 1 aliphatic heterocycles. The van der Waals surface area contributed by atoms with Crippen molar-refractivity contribution in [3.63, 3.8) is 0 Å². The molecule has 152 valence electrons. The van der Waals surface area contributed by atoms with Crippen molar-refractivity contribution in [2.45, 2.75) is 45.1 Å². The molecule has 1 fully saturated rings. The first-order valence-corrected chi connectivity index (χ1v) is 10.1. The number of rotatable bonds is 11. The standard InChI is InChI=1S/C21H35N3O3/c1-17(2)19-9-4-5-10-20(19)27-15-12-24-21(22-3)23-11-7-13-25-16-18-8-6-14-26-18/h4-5,9-10,17-18H,6-8,11-16H2,1-3H3,(H2,22,23,24). The molecule has 1 heterocycles. The molecule has 0 spiro atoms. The largest absolute Gasteiger partial charge is 0.491 e. The molecule has 1 saturated heterocycles. The Morgan fingerprint density at radius 2 is 2.04 bits per heavy atom. The number of hydrogen-bond acceptors (Lipinski definition) is 4. The SMILES string of the molecule is CN=C(NCCCOCC1CCCO1)NCCOc1ccccc1C(C)C. The lowest BCUT2D eigenvalue weighted by Gasteiger charge is -2.15. The summed E-state index contributed by atoms with van der Waals surface area (Å²) in [6.45, 7) is 8.79. The Hall–Kier alpha value is -1.79. The molecule has 0 saturated carbocycles.